The number of hydrogen-bond acceptors (Lipinski definition) is 3. The van der Waals surface area contributed by atoms with Crippen molar-refractivity contribution in [3.05, 3.63) is 52.2 Å². The summed E-state index contributed by atoms with van der Waals surface area (Å²) >= 11 is 1.71. The van der Waals surface area contributed by atoms with E-state index in [4.69, 9.17) is 10.5 Å². The molecule has 0 aliphatic rings. The van der Waals surface area contributed by atoms with Crippen molar-refractivity contribution >= 4 is 11.3 Å². The first-order chi connectivity index (χ1) is 7.88. The van der Waals surface area contributed by atoms with Crippen molar-refractivity contribution in [2.45, 2.75) is 13.0 Å². The number of nitrogens with two attached hydrogens (primary N) is 1. The maximum absolute atomic E-state index is 5.66. The summed E-state index contributed by atoms with van der Waals surface area (Å²) in [4.78, 5) is 1.24. The minimum Gasteiger partial charge on any atom is -0.488 e. The minimum absolute atomic E-state index is 0.647. The average molecular weight is 233 g/mol. The molecular weight excluding hydrogens is 218 g/mol. The van der Waals surface area contributed by atoms with E-state index in [1.165, 1.54) is 10.4 Å². The van der Waals surface area contributed by atoms with Gasteiger partial charge in [-0.15, -0.1) is 11.3 Å². The van der Waals surface area contributed by atoms with Crippen LogP contribution in [-0.4, -0.2) is 6.54 Å². The van der Waals surface area contributed by atoms with Crippen molar-refractivity contribution in [2.24, 2.45) is 5.73 Å². The normalized spacial score (nSPS) is 10.3. The Balaban J connectivity index is 1.90. The lowest BCUT2D eigenvalue weighted by molar-refractivity contribution is 0.310. The van der Waals surface area contributed by atoms with Crippen molar-refractivity contribution < 1.29 is 4.74 Å². The van der Waals surface area contributed by atoms with Gasteiger partial charge >= 0.3 is 0 Å². The Bertz CT molecular complexity index is 408. The zero-order valence-corrected chi connectivity index (χ0v) is 9.87. The highest BCUT2D eigenvalue weighted by molar-refractivity contribution is 7.09. The molecule has 16 heavy (non-hydrogen) atoms. The first-order valence-electron chi connectivity index (χ1n) is 5.32. The Labute approximate surface area is 99.7 Å². The first kappa shape index (κ1) is 11.2. The third-order valence-corrected chi connectivity index (χ3v) is 3.17. The van der Waals surface area contributed by atoms with Crippen LogP contribution in [0.3, 0.4) is 0 Å². The topological polar surface area (TPSA) is 35.2 Å². The Morgan fingerprint density at radius 2 is 1.94 bits per heavy atom. The van der Waals surface area contributed by atoms with Gasteiger partial charge in [-0.25, -0.2) is 0 Å². The van der Waals surface area contributed by atoms with Gasteiger partial charge in [-0.3, -0.25) is 0 Å². The molecule has 0 fully saturated rings. The number of rotatable bonds is 5. The number of hydrogen-bond donors (Lipinski definition) is 1. The van der Waals surface area contributed by atoms with Crippen molar-refractivity contribution in [3.8, 4) is 5.75 Å². The Morgan fingerprint density at radius 1 is 1.12 bits per heavy atom. The van der Waals surface area contributed by atoms with Crippen molar-refractivity contribution in [3.63, 3.8) is 0 Å². The number of ether oxygens (including phenoxy) is 1. The zero-order chi connectivity index (χ0) is 11.2. The van der Waals surface area contributed by atoms with Crippen LogP contribution in [0.15, 0.2) is 41.8 Å². The molecule has 0 atom stereocenters. The summed E-state index contributed by atoms with van der Waals surface area (Å²) in [6, 6.07) is 12.2. The molecule has 0 radical (unpaired) electrons. The summed E-state index contributed by atoms with van der Waals surface area (Å²) in [5, 5.41) is 2.06. The summed E-state index contributed by atoms with van der Waals surface area (Å²) in [5.41, 5.74) is 6.75. The minimum atomic E-state index is 0.647. The largest absolute Gasteiger partial charge is 0.488 e. The lowest BCUT2D eigenvalue weighted by Crippen LogP contribution is -2.02. The molecule has 0 amide bonds. The third kappa shape index (κ3) is 3.08. The molecular formula is C13H15NOS. The van der Waals surface area contributed by atoms with Crippen LogP contribution < -0.4 is 10.5 Å². The molecule has 0 saturated heterocycles. The highest BCUT2D eigenvalue weighted by Crippen LogP contribution is 2.16. The molecule has 0 aliphatic heterocycles. The van der Waals surface area contributed by atoms with E-state index in [0.29, 0.717) is 13.2 Å². The maximum atomic E-state index is 5.66. The van der Waals surface area contributed by atoms with Gasteiger partial charge in [0.1, 0.15) is 12.4 Å². The van der Waals surface area contributed by atoms with Crippen LogP contribution >= 0.6 is 11.3 Å². The third-order valence-electron chi connectivity index (χ3n) is 2.32. The van der Waals surface area contributed by atoms with Gasteiger partial charge in [0.05, 0.1) is 0 Å². The van der Waals surface area contributed by atoms with Gasteiger partial charge in [0.25, 0.3) is 0 Å². The SMILES string of the molecule is NCCc1ccc(OCc2cccs2)cc1. The van der Waals surface area contributed by atoms with Crippen LogP contribution in [0, 0.1) is 0 Å². The smallest absolute Gasteiger partial charge is 0.122 e. The van der Waals surface area contributed by atoms with Crippen molar-refractivity contribution in [1.29, 1.82) is 0 Å². The molecule has 0 bridgehead atoms. The summed E-state index contributed by atoms with van der Waals surface area (Å²) in [6.45, 7) is 1.34. The fraction of sp³-hybridized carbons (Fsp3) is 0.231. The highest BCUT2D eigenvalue weighted by Gasteiger charge is 1.97. The molecule has 0 unspecified atom stereocenters. The summed E-state index contributed by atoms with van der Waals surface area (Å²) < 4.78 is 5.66. The monoisotopic (exact) mass is 233 g/mol. The average Bonchev–Trinajstić information content (AvgIpc) is 2.82. The van der Waals surface area contributed by atoms with E-state index >= 15 is 0 Å². The molecule has 3 heteroatoms. The van der Waals surface area contributed by atoms with E-state index in [0.717, 1.165) is 12.2 Å². The molecule has 2 N–H and O–H groups in total. The predicted molar refractivity (Wildman–Crippen MR) is 67.9 cm³/mol. The highest BCUT2D eigenvalue weighted by atomic mass is 32.1. The van der Waals surface area contributed by atoms with Crippen molar-refractivity contribution in [1.82, 2.24) is 0 Å². The standard InChI is InChI=1S/C13H15NOS/c14-8-7-11-3-5-12(6-4-11)15-10-13-2-1-9-16-13/h1-6,9H,7-8,10,14H2. The quantitative estimate of drug-likeness (QED) is 0.862. The van der Waals surface area contributed by atoms with Crippen LogP contribution in [0.5, 0.6) is 5.75 Å². The second-order valence-corrected chi connectivity index (χ2v) is 4.58. The lowest BCUT2D eigenvalue weighted by Gasteiger charge is -2.05. The Kier molecular flexibility index (Phi) is 3.97. The fourth-order valence-corrected chi connectivity index (χ4v) is 2.08. The molecule has 2 nitrogen and oxygen atoms in total. The molecule has 1 heterocycles. The second kappa shape index (κ2) is 5.68. The van der Waals surface area contributed by atoms with Gasteiger partial charge in [-0.1, -0.05) is 18.2 Å². The molecule has 1 aromatic heterocycles. The van der Waals surface area contributed by atoms with Crippen LogP contribution in [-0.2, 0) is 13.0 Å². The van der Waals surface area contributed by atoms with Gasteiger partial charge in [-0.2, -0.15) is 0 Å². The van der Waals surface area contributed by atoms with E-state index in [2.05, 4.69) is 23.6 Å². The number of thiophene rings is 1. The predicted octanol–water partition coefficient (Wildman–Crippen LogP) is 2.83. The summed E-state index contributed by atoms with van der Waals surface area (Å²) in [7, 11) is 0. The van der Waals surface area contributed by atoms with Gasteiger partial charge in [0, 0.05) is 4.88 Å². The fourth-order valence-electron chi connectivity index (χ4n) is 1.47. The maximum Gasteiger partial charge on any atom is 0.122 e. The molecule has 0 aliphatic carbocycles. The molecule has 0 saturated carbocycles. The van der Waals surface area contributed by atoms with Crippen LogP contribution in [0.4, 0.5) is 0 Å². The van der Waals surface area contributed by atoms with Gasteiger partial charge < -0.3 is 10.5 Å². The van der Waals surface area contributed by atoms with E-state index < -0.39 is 0 Å². The first-order valence-corrected chi connectivity index (χ1v) is 6.20. The van der Waals surface area contributed by atoms with E-state index in [9.17, 15) is 0 Å². The van der Waals surface area contributed by atoms with Crippen LogP contribution in [0.1, 0.15) is 10.4 Å². The van der Waals surface area contributed by atoms with Gasteiger partial charge in [-0.05, 0) is 42.1 Å². The summed E-state index contributed by atoms with van der Waals surface area (Å²) in [6.07, 6.45) is 0.922. The molecule has 2 aromatic rings. The Hall–Kier alpha value is -1.32. The van der Waals surface area contributed by atoms with Crippen molar-refractivity contribution in [2.75, 3.05) is 6.54 Å². The van der Waals surface area contributed by atoms with E-state index in [1.807, 2.05) is 18.2 Å². The second-order valence-electron chi connectivity index (χ2n) is 3.55. The number of benzene rings is 1. The Morgan fingerprint density at radius 3 is 2.56 bits per heavy atom. The molecule has 1 aromatic carbocycles. The van der Waals surface area contributed by atoms with Crippen LogP contribution in [0.25, 0.3) is 0 Å². The molecule has 84 valence electrons. The lowest BCUT2D eigenvalue weighted by atomic mass is 10.1. The molecule has 0 spiro atoms. The van der Waals surface area contributed by atoms with Crippen LogP contribution in [0.2, 0.25) is 0 Å². The molecule has 2 rings (SSSR count). The van der Waals surface area contributed by atoms with Gasteiger partial charge in [0.15, 0.2) is 0 Å². The zero-order valence-electron chi connectivity index (χ0n) is 9.06. The van der Waals surface area contributed by atoms with E-state index in [1.54, 1.807) is 11.3 Å². The van der Waals surface area contributed by atoms with E-state index in [-0.39, 0.29) is 0 Å². The summed E-state index contributed by atoms with van der Waals surface area (Å²) in [5.74, 6) is 0.911. The van der Waals surface area contributed by atoms with Gasteiger partial charge in [0.2, 0.25) is 0 Å².